The number of carbonyl (C=O) groups excluding carboxylic acids is 1. The number of aliphatic carboxylic acids is 1. The Morgan fingerprint density at radius 3 is 2.45 bits per heavy atom. The average Bonchev–Trinajstić information content (AvgIpc) is 2.88. The second kappa shape index (κ2) is 13.7. The molecule has 0 bridgehead atoms. The maximum atomic E-state index is 13.0. The molecule has 0 unspecified atom stereocenters. The van der Waals surface area contributed by atoms with Crippen molar-refractivity contribution in [3.8, 4) is 11.5 Å². The van der Waals surface area contributed by atoms with E-state index in [1.165, 1.54) is 25.5 Å². The van der Waals surface area contributed by atoms with E-state index in [2.05, 4.69) is 53.8 Å². The van der Waals surface area contributed by atoms with Crippen LogP contribution in [0.1, 0.15) is 11.1 Å². The molecule has 0 saturated carbocycles. The summed E-state index contributed by atoms with van der Waals surface area (Å²) in [7, 11) is -2.60. The Hall–Kier alpha value is -3.01. The number of ether oxygens (including phenoxy) is 2. The molecule has 0 spiro atoms. The summed E-state index contributed by atoms with van der Waals surface area (Å²) in [6, 6.07) is 17.2. The van der Waals surface area contributed by atoms with Crippen LogP contribution in [0.3, 0.4) is 0 Å². The molecule has 3 aromatic carbocycles. The zero-order valence-electron chi connectivity index (χ0n) is 19.9. The van der Waals surface area contributed by atoms with Crippen LogP contribution in [-0.4, -0.2) is 51.4 Å². The highest BCUT2D eigenvalue weighted by atomic mass is 127. The van der Waals surface area contributed by atoms with E-state index in [4.69, 9.17) is 14.6 Å². The Balaban J connectivity index is 1.78. The quantitative estimate of drug-likeness (QED) is 0.148. The van der Waals surface area contributed by atoms with Gasteiger partial charge in [-0.15, -0.1) is 0 Å². The number of nitrogens with zero attached hydrogens (tertiary/aromatic N) is 1. The first-order valence-electron chi connectivity index (χ1n) is 11.0. The highest BCUT2D eigenvalue weighted by Crippen LogP contribution is 2.36. The number of hydrogen-bond acceptors (Lipinski definition) is 7. The lowest BCUT2D eigenvalue weighted by atomic mass is 10.1. The summed E-state index contributed by atoms with van der Waals surface area (Å²) in [4.78, 5) is 23.9. The highest BCUT2D eigenvalue weighted by molar-refractivity contribution is 14.1. The van der Waals surface area contributed by atoms with Gasteiger partial charge in [-0.1, -0.05) is 30.3 Å². The van der Waals surface area contributed by atoms with Crippen LogP contribution in [0, 0.1) is 3.57 Å². The van der Waals surface area contributed by atoms with E-state index < -0.39 is 34.5 Å². The summed E-state index contributed by atoms with van der Waals surface area (Å²) in [6.07, 6.45) is 1.43. The van der Waals surface area contributed by atoms with Crippen LogP contribution in [0.25, 0.3) is 0 Å². The van der Waals surface area contributed by atoms with Gasteiger partial charge in [0, 0.05) is 3.57 Å². The first-order valence-corrected chi connectivity index (χ1v) is 14.3. The normalized spacial score (nSPS) is 12.2. The van der Waals surface area contributed by atoms with Crippen LogP contribution < -0.4 is 19.6 Å². The number of carboxylic acids is 1. The monoisotopic (exact) mass is 715 g/mol. The van der Waals surface area contributed by atoms with Crippen LogP contribution in [0.4, 0.5) is 0 Å². The molecule has 1 atom stereocenters. The zero-order chi connectivity index (χ0) is 27.7. The van der Waals surface area contributed by atoms with Gasteiger partial charge in [0.2, 0.25) is 10.0 Å². The van der Waals surface area contributed by atoms with Gasteiger partial charge >= 0.3 is 5.97 Å². The minimum absolute atomic E-state index is 0.0365. The highest BCUT2D eigenvalue weighted by Gasteiger charge is 2.26. The smallest absolute Gasteiger partial charge is 0.341 e. The Bertz CT molecular complexity index is 1420. The molecule has 13 heteroatoms. The Kier molecular flexibility index (Phi) is 10.6. The first kappa shape index (κ1) is 29.5. The second-order valence-corrected chi connectivity index (χ2v) is 11.6. The minimum Gasteiger partial charge on any atom is -0.493 e. The van der Waals surface area contributed by atoms with Gasteiger partial charge in [-0.3, -0.25) is 4.79 Å². The standard InChI is InChI=1S/C25H23BrIN3O7S/c1-36-22-13-17(11-20(26)24(22)37-15-23(31)32)14-28-29-25(33)21(12-16-5-3-2-4-6-16)30-38(34,35)19-9-7-18(27)8-10-19/h2-11,13-14,21,30H,12,15H2,1H3,(H,29,33)(H,31,32)/b28-14-/t21-/m0/s1. The molecule has 0 aromatic heterocycles. The van der Waals surface area contributed by atoms with Gasteiger partial charge in [0.25, 0.3) is 5.91 Å². The van der Waals surface area contributed by atoms with E-state index >= 15 is 0 Å². The van der Waals surface area contributed by atoms with Crippen molar-refractivity contribution in [2.75, 3.05) is 13.7 Å². The van der Waals surface area contributed by atoms with E-state index in [1.807, 2.05) is 6.07 Å². The van der Waals surface area contributed by atoms with Crippen LogP contribution in [-0.2, 0) is 26.0 Å². The number of halogens is 2. The number of nitrogens with one attached hydrogen (secondary N) is 2. The third kappa shape index (κ3) is 8.51. The summed E-state index contributed by atoms with van der Waals surface area (Å²) < 4.78 is 40.2. The van der Waals surface area contributed by atoms with Crippen LogP contribution in [0.15, 0.2) is 81.2 Å². The molecule has 0 aliphatic carbocycles. The van der Waals surface area contributed by atoms with Crippen LogP contribution >= 0.6 is 38.5 Å². The maximum absolute atomic E-state index is 13.0. The fourth-order valence-electron chi connectivity index (χ4n) is 3.24. The van der Waals surface area contributed by atoms with Crippen molar-refractivity contribution < 1.29 is 32.6 Å². The number of carbonyl (C=O) groups is 2. The van der Waals surface area contributed by atoms with Crippen molar-refractivity contribution in [1.29, 1.82) is 0 Å². The van der Waals surface area contributed by atoms with E-state index in [9.17, 15) is 18.0 Å². The molecular formula is C25H23BrIN3O7S. The number of hydrazone groups is 1. The van der Waals surface area contributed by atoms with Crippen molar-refractivity contribution in [2.24, 2.45) is 5.10 Å². The zero-order valence-corrected chi connectivity index (χ0v) is 24.5. The van der Waals surface area contributed by atoms with E-state index in [0.717, 1.165) is 9.13 Å². The van der Waals surface area contributed by atoms with E-state index in [0.29, 0.717) is 10.0 Å². The third-order valence-corrected chi connectivity index (χ3v) is 7.80. The fourth-order valence-corrected chi connectivity index (χ4v) is 5.37. The molecule has 3 aromatic rings. The minimum atomic E-state index is -3.99. The van der Waals surface area contributed by atoms with Crippen LogP contribution in [0.5, 0.6) is 11.5 Å². The Morgan fingerprint density at radius 1 is 1.13 bits per heavy atom. The molecule has 3 N–H and O–H groups in total. The molecule has 0 fully saturated rings. The van der Waals surface area contributed by atoms with Gasteiger partial charge < -0.3 is 14.6 Å². The summed E-state index contributed by atoms with van der Waals surface area (Å²) in [5.74, 6) is -1.36. The maximum Gasteiger partial charge on any atom is 0.341 e. The molecule has 0 aliphatic rings. The number of hydrogen-bond donors (Lipinski definition) is 3. The van der Waals surface area contributed by atoms with E-state index in [1.54, 1.807) is 48.5 Å². The Morgan fingerprint density at radius 2 is 1.82 bits per heavy atom. The molecule has 10 nitrogen and oxygen atoms in total. The van der Waals surface area contributed by atoms with Crippen molar-refractivity contribution in [3.63, 3.8) is 0 Å². The van der Waals surface area contributed by atoms with Crippen molar-refractivity contribution in [2.45, 2.75) is 17.4 Å². The number of rotatable bonds is 12. The lowest BCUT2D eigenvalue weighted by Crippen LogP contribution is -2.46. The van der Waals surface area contributed by atoms with Gasteiger partial charge in [-0.2, -0.15) is 9.82 Å². The lowest BCUT2D eigenvalue weighted by molar-refractivity contribution is -0.139. The molecular weight excluding hydrogens is 693 g/mol. The number of benzene rings is 3. The Labute approximate surface area is 241 Å². The predicted molar refractivity (Wildman–Crippen MR) is 153 cm³/mol. The fraction of sp³-hybridized carbons (Fsp3) is 0.160. The molecule has 0 aliphatic heterocycles. The number of sulfonamides is 1. The topological polar surface area (TPSA) is 143 Å². The molecule has 0 radical (unpaired) electrons. The van der Waals surface area contributed by atoms with Gasteiger partial charge in [0.1, 0.15) is 6.04 Å². The molecule has 0 saturated heterocycles. The number of methoxy groups -OCH3 is 1. The van der Waals surface area contributed by atoms with Crippen molar-refractivity contribution in [1.82, 2.24) is 10.1 Å². The molecule has 0 heterocycles. The summed E-state index contributed by atoms with van der Waals surface area (Å²) >= 11 is 5.38. The molecule has 200 valence electrons. The van der Waals surface area contributed by atoms with Gasteiger partial charge in [0.15, 0.2) is 18.1 Å². The van der Waals surface area contributed by atoms with E-state index in [-0.39, 0.29) is 22.8 Å². The molecule has 3 rings (SSSR count). The second-order valence-electron chi connectivity index (χ2n) is 7.77. The van der Waals surface area contributed by atoms with Crippen molar-refractivity contribution >= 4 is 66.6 Å². The van der Waals surface area contributed by atoms with Gasteiger partial charge in [-0.25, -0.2) is 18.6 Å². The van der Waals surface area contributed by atoms with Gasteiger partial charge in [-0.05, 0) is 92.5 Å². The SMILES string of the molecule is COc1cc(/C=N\NC(=O)[C@H](Cc2ccccc2)NS(=O)(=O)c2ccc(I)cc2)cc(Br)c1OCC(=O)O. The molecule has 1 amide bonds. The number of carboxylic acid groups (broad SMARTS) is 1. The summed E-state index contributed by atoms with van der Waals surface area (Å²) in [6.45, 7) is -0.556. The van der Waals surface area contributed by atoms with Crippen molar-refractivity contribution in [3.05, 3.63) is 85.9 Å². The summed E-state index contributed by atoms with van der Waals surface area (Å²) in [5.41, 5.74) is 3.64. The summed E-state index contributed by atoms with van der Waals surface area (Å²) in [5, 5.41) is 12.8. The predicted octanol–water partition coefficient (Wildman–Crippen LogP) is 3.57. The molecule has 38 heavy (non-hydrogen) atoms. The van der Waals surface area contributed by atoms with Crippen LogP contribution in [0.2, 0.25) is 0 Å². The lowest BCUT2D eigenvalue weighted by Gasteiger charge is -2.17. The first-order chi connectivity index (χ1) is 18.1. The average molecular weight is 716 g/mol. The number of amides is 1. The van der Waals surface area contributed by atoms with Gasteiger partial charge in [0.05, 0.1) is 22.7 Å². The third-order valence-electron chi connectivity index (χ3n) is 5.00. The largest absolute Gasteiger partial charge is 0.493 e.